The minimum atomic E-state index is -2.38. The molecule has 0 fully saturated rings. The standard InChI is InChI=1S/C10H16F2N2O/c1-3-8(2)15-7-9-4-5-13-14(9)6-10(11)12/h4-5,8,10H,3,6-7H2,1-2H3/t8-/m1/s1. The Bertz CT molecular complexity index is 289. The van der Waals surface area contributed by atoms with Crippen LogP contribution in [-0.4, -0.2) is 22.3 Å². The van der Waals surface area contributed by atoms with E-state index in [1.54, 1.807) is 6.07 Å². The van der Waals surface area contributed by atoms with Crippen LogP contribution in [0.3, 0.4) is 0 Å². The largest absolute Gasteiger partial charge is 0.372 e. The second kappa shape index (κ2) is 5.80. The minimum Gasteiger partial charge on any atom is -0.372 e. The lowest BCUT2D eigenvalue weighted by atomic mass is 10.3. The first-order valence-electron chi connectivity index (χ1n) is 5.04. The van der Waals surface area contributed by atoms with Crippen LogP contribution in [0.1, 0.15) is 26.0 Å². The number of halogens is 2. The molecule has 86 valence electrons. The molecule has 0 amide bonds. The van der Waals surface area contributed by atoms with Crippen LogP contribution in [0.15, 0.2) is 12.3 Å². The van der Waals surface area contributed by atoms with Crippen molar-refractivity contribution in [2.24, 2.45) is 0 Å². The van der Waals surface area contributed by atoms with Crippen molar-refractivity contribution in [3.63, 3.8) is 0 Å². The number of aromatic nitrogens is 2. The van der Waals surface area contributed by atoms with Crippen molar-refractivity contribution in [1.82, 2.24) is 9.78 Å². The van der Waals surface area contributed by atoms with E-state index in [0.29, 0.717) is 12.3 Å². The Balaban J connectivity index is 2.49. The van der Waals surface area contributed by atoms with E-state index in [1.807, 2.05) is 13.8 Å². The molecule has 0 aliphatic carbocycles. The van der Waals surface area contributed by atoms with Crippen LogP contribution >= 0.6 is 0 Å². The molecule has 5 heteroatoms. The molecule has 0 radical (unpaired) electrons. The fraction of sp³-hybridized carbons (Fsp3) is 0.700. The van der Waals surface area contributed by atoms with Crippen molar-refractivity contribution in [2.75, 3.05) is 0 Å². The van der Waals surface area contributed by atoms with Crippen LogP contribution in [0.5, 0.6) is 0 Å². The predicted molar refractivity (Wildman–Crippen MR) is 52.8 cm³/mol. The molecule has 0 spiro atoms. The monoisotopic (exact) mass is 218 g/mol. The zero-order chi connectivity index (χ0) is 11.3. The molecular weight excluding hydrogens is 202 g/mol. The predicted octanol–water partition coefficient (Wildman–Crippen LogP) is 2.46. The summed E-state index contributed by atoms with van der Waals surface area (Å²) in [4.78, 5) is 0. The molecule has 1 atom stereocenters. The number of ether oxygens (including phenoxy) is 1. The van der Waals surface area contributed by atoms with Crippen molar-refractivity contribution >= 4 is 0 Å². The van der Waals surface area contributed by atoms with Gasteiger partial charge in [-0.2, -0.15) is 5.10 Å². The zero-order valence-electron chi connectivity index (χ0n) is 8.99. The maximum atomic E-state index is 12.1. The van der Waals surface area contributed by atoms with Gasteiger partial charge in [0.05, 0.1) is 18.4 Å². The summed E-state index contributed by atoms with van der Waals surface area (Å²) in [5, 5.41) is 3.82. The first-order chi connectivity index (χ1) is 7.13. The number of hydrogen-bond acceptors (Lipinski definition) is 2. The van der Waals surface area contributed by atoms with Crippen LogP contribution in [0.2, 0.25) is 0 Å². The maximum Gasteiger partial charge on any atom is 0.257 e. The fourth-order valence-electron chi connectivity index (χ4n) is 1.12. The number of rotatable bonds is 6. The topological polar surface area (TPSA) is 27.1 Å². The molecular formula is C10H16F2N2O. The van der Waals surface area contributed by atoms with Gasteiger partial charge in [-0.15, -0.1) is 0 Å². The van der Waals surface area contributed by atoms with Crippen LogP contribution in [0.4, 0.5) is 8.78 Å². The number of alkyl halides is 2. The summed E-state index contributed by atoms with van der Waals surface area (Å²) < 4.78 is 31.0. The molecule has 0 aromatic carbocycles. The summed E-state index contributed by atoms with van der Waals surface area (Å²) in [5.41, 5.74) is 0.690. The first-order valence-corrected chi connectivity index (χ1v) is 5.04. The summed E-state index contributed by atoms with van der Waals surface area (Å²) in [6, 6.07) is 1.70. The summed E-state index contributed by atoms with van der Waals surface area (Å²) in [5.74, 6) is 0. The van der Waals surface area contributed by atoms with E-state index in [9.17, 15) is 8.78 Å². The first kappa shape index (κ1) is 12.1. The smallest absolute Gasteiger partial charge is 0.257 e. The highest BCUT2D eigenvalue weighted by atomic mass is 19.3. The molecule has 0 saturated heterocycles. The quantitative estimate of drug-likeness (QED) is 0.733. The summed E-state index contributed by atoms with van der Waals surface area (Å²) in [6.07, 6.45) is 0.174. The molecule has 0 aliphatic rings. The molecule has 1 aromatic rings. The zero-order valence-corrected chi connectivity index (χ0v) is 8.99. The van der Waals surface area contributed by atoms with Gasteiger partial charge in [0.1, 0.15) is 6.54 Å². The molecule has 0 N–H and O–H groups in total. The number of nitrogens with zero attached hydrogens (tertiary/aromatic N) is 2. The SMILES string of the molecule is CC[C@@H](C)OCc1ccnn1CC(F)F. The van der Waals surface area contributed by atoms with Crippen molar-refractivity contribution in [1.29, 1.82) is 0 Å². The fourth-order valence-corrected chi connectivity index (χ4v) is 1.12. The lowest BCUT2D eigenvalue weighted by Crippen LogP contribution is -2.14. The van der Waals surface area contributed by atoms with E-state index in [1.165, 1.54) is 10.9 Å². The molecule has 15 heavy (non-hydrogen) atoms. The van der Waals surface area contributed by atoms with E-state index in [2.05, 4.69) is 5.10 Å². The summed E-state index contributed by atoms with van der Waals surface area (Å²) >= 11 is 0. The van der Waals surface area contributed by atoms with Crippen molar-refractivity contribution in [3.05, 3.63) is 18.0 Å². The van der Waals surface area contributed by atoms with Crippen molar-refractivity contribution in [2.45, 2.75) is 45.9 Å². The van der Waals surface area contributed by atoms with Gasteiger partial charge in [-0.1, -0.05) is 6.92 Å². The third-order valence-corrected chi connectivity index (χ3v) is 2.21. The normalized spacial score (nSPS) is 13.4. The molecule has 1 rings (SSSR count). The Morgan fingerprint density at radius 2 is 2.27 bits per heavy atom. The Hall–Kier alpha value is -0.970. The average molecular weight is 218 g/mol. The van der Waals surface area contributed by atoms with Crippen LogP contribution in [0, 0.1) is 0 Å². The molecule has 1 heterocycles. The summed E-state index contributed by atoms with van der Waals surface area (Å²) in [6.45, 7) is 3.93. The van der Waals surface area contributed by atoms with Crippen molar-refractivity contribution in [3.8, 4) is 0 Å². The van der Waals surface area contributed by atoms with Crippen molar-refractivity contribution < 1.29 is 13.5 Å². The lowest BCUT2D eigenvalue weighted by Gasteiger charge is -2.11. The van der Waals surface area contributed by atoms with Gasteiger partial charge < -0.3 is 4.74 Å². The molecule has 0 bridgehead atoms. The van der Waals surface area contributed by atoms with E-state index in [4.69, 9.17) is 4.74 Å². The van der Waals surface area contributed by atoms with Gasteiger partial charge in [-0.3, -0.25) is 4.68 Å². The van der Waals surface area contributed by atoms with Crippen LogP contribution < -0.4 is 0 Å². The molecule has 0 saturated carbocycles. The second-order valence-corrected chi connectivity index (χ2v) is 3.43. The summed E-state index contributed by atoms with van der Waals surface area (Å²) in [7, 11) is 0. The van der Waals surface area contributed by atoms with E-state index in [0.717, 1.165) is 6.42 Å². The molecule has 0 aliphatic heterocycles. The van der Waals surface area contributed by atoms with E-state index >= 15 is 0 Å². The van der Waals surface area contributed by atoms with Crippen LogP contribution in [-0.2, 0) is 17.9 Å². The van der Waals surface area contributed by atoms with Gasteiger partial charge in [0, 0.05) is 6.20 Å². The van der Waals surface area contributed by atoms with E-state index < -0.39 is 6.43 Å². The Morgan fingerprint density at radius 1 is 1.53 bits per heavy atom. The maximum absolute atomic E-state index is 12.1. The second-order valence-electron chi connectivity index (χ2n) is 3.43. The molecule has 3 nitrogen and oxygen atoms in total. The van der Waals surface area contributed by atoms with Gasteiger partial charge in [-0.25, -0.2) is 8.78 Å². The Morgan fingerprint density at radius 3 is 2.87 bits per heavy atom. The van der Waals surface area contributed by atoms with Gasteiger partial charge in [0.25, 0.3) is 6.43 Å². The third-order valence-electron chi connectivity index (χ3n) is 2.21. The average Bonchev–Trinajstić information content (AvgIpc) is 2.61. The molecule has 0 unspecified atom stereocenters. The van der Waals surface area contributed by atoms with Gasteiger partial charge in [0.2, 0.25) is 0 Å². The van der Waals surface area contributed by atoms with E-state index in [-0.39, 0.29) is 12.6 Å². The highest BCUT2D eigenvalue weighted by Crippen LogP contribution is 2.07. The van der Waals surface area contributed by atoms with Gasteiger partial charge in [0.15, 0.2) is 0 Å². The minimum absolute atomic E-state index is 0.139. The Kier molecular flexibility index (Phi) is 4.68. The lowest BCUT2D eigenvalue weighted by molar-refractivity contribution is 0.0439. The highest BCUT2D eigenvalue weighted by molar-refractivity contribution is 4.98. The van der Waals surface area contributed by atoms with Gasteiger partial charge >= 0.3 is 0 Å². The van der Waals surface area contributed by atoms with Gasteiger partial charge in [-0.05, 0) is 19.4 Å². The Labute approximate surface area is 88.0 Å². The van der Waals surface area contributed by atoms with Crippen LogP contribution in [0.25, 0.3) is 0 Å². The number of hydrogen-bond donors (Lipinski definition) is 0. The third kappa shape index (κ3) is 3.95. The molecule has 1 aromatic heterocycles. The highest BCUT2D eigenvalue weighted by Gasteiger charge is 2.09.